The van der Waals surface area contributed by atoms with Crippen molar-refractivity contribution in [2.45, 2.75) is 31.6 Å². The third kappa shape index (κ3) is 6.64. The number of likely N-dealkylation sites (N-methyl/N-ethyl adjacent to an activating group) is 1. The first-order valence-electron chi connectivity index (χ1n) is 12.9. The summed E-state index contributed by atoms with van der Waals surface area (Å²) in [5, 5.41) is 1.91. The average molecular weight is 590 g/mol. The highest BCUT2D eigenvalue weighted by Crippen LogP contribution is 2.33. The van der Waals surface area contributed by atoms with E-state index in [2.05, 4.69) is 31.7 Å². The molecule has 0 amide bonds. The molecule has 1 fully saturated rings. The van der Waals surface area contributed by atoms with Crippen molar-refractivity contribution >= 4 is 21.5 Å². The predicted molar refractivity (Wildman–Crippen MR) is 151 cm³/mol. The van der Waals surface area contributed by atoms with Crippen LogP contribution >= 0.6 is 11.3 Å². The molecule has 1 atom stereocenters. The smallest absolute Gasteiger partial charge is 0.341 e. The Balaban J connectivity index is 1.25. The van der Waals surface area contributed by atoms with Crippen LogP contribution in [0.1, 0.15) is 23.2 Å². The van der Waals surface area contributed by atoms with Gasteiger partial charge in [-0.3, -0.25) is 4.90 Å². The lowest BCUT2D eigenvalue weighted by atomic mass is 10.1. The Morgan fingerprint density at radius 2 is 1.85 bits per heavy atom. The quantitative estimate of drug-likeness (QED) is 0.259. The molecule has 1 aliphatic heterocycles. The number of nitrogens with one attached hydrogen (secondary N) is 2. The van der Waals surface area contributed by atoms with Gasteiger partial charge in [0.1, 0.15) is 5.82 Å². The van der Waals surface area contributed by atoms with Crippen LogP contribution in [0.5, 0.6) is 0 Å². The normalized spacial score (nSPS) is 16.7. The van der Waals surface area contributed by atoms with E-state index in [1.807, 2.05) is 35.7 Å². The van der Waals surface area contributed by atoms with Gasteiger partial charge < -0.3 is 4.98 Å². The molecular formula is C28H30F3N5O2S2. The second kappa shape index (κ2) is 11.8. The summed E-state index contributed by atoms with van der Waals surface area (Å²) in [5.41, 5.74) is 2.11. The Bertz CT molecular complexity index is 1510. The van der Waals surface area contributed by atoms with Gasteiger partial charge in [0.15, 0.2) is 0 Å². The number of H-pyrrole nitrogens is 1. The lowest BCUT2D eigenvalue weighted by Crippen LogP contribution is -2.45. The molecular weight excluding hydrogens is 559 g/mol. The van der Waals surface area contributed by atoms with Gasteiger partial charge in [0.2, 0.25) is 0 Å². The van der Waals surface area contributed by atoms with Crippen LogP contribution in [0.25, 0.3) is 22.0 Å². The van der Waals surface area contributed by atoms with Crippen molar-refractivity contribution in [2.24, 2.45) is 0 Å². The Labute approximate surface area is 235 Å². The fourth-order valence-electron chi connectivity index (χ4n) is 4.87. The van der Waals surface area contributed by atoms with Gasteiger partial charge in [0.25, 0.3) is 10.2 Å². The zero-order valence-corrected chi connectivity index (χ0v) is 23.5. The zero-order chi connectivity index (χ0) is 28.3. The molecule has 2 aromatic carbocycles. The van der Waals surface area contributed by atoms with Gasteiger partial charge in [0.05, 0.1) is 16.1 Å². The predicted octanol–water partition coefficient (Wildman–Crippen LogP) is 5.41. The summed E-state index contributed by atoms with van der Waals surface area (Å²) >= 11 is 1.48. The van der Waals surface area contributed by atoms with Crippen molar-refractivity contribution < 1.29 is 21.6 Å². The minimum absolute atomic E-state index is 0.104. The maximum Gasteiger partial charge on any atom is 0.416 e. The van der Waals surface area contributed by atoms with Crippen LogP contribution in [0.3, 0.4) is 0 Å². The van der Waals surface area contributed by atoms with Crippen LogP contribution in [0.2, 0.25) is 0 Å². The third-order valence-corrected chi connectivity index (χ3v) is 9.57. The van der Waals surface area contributed by atoms with Crippen molar-refractivity contribution in [3.05, 3.63) is 88.9 Å². The number of alkyl halides is 3. The van der Waals surface area contributed by atoms with Crippen molar-refractivity contribution in [1.29, 1.82) is 0 Å². The number of imidazole rings is 1. The van der Waals surface area contributed by atoms with Gasteiger partial charge in [-0.25, -0.2) is 9.71 Å². The Morgan fingerprint density at radius 3 is 2.52 bits per heavy atom. The minimum atomic E-state index is -4.43. The first-order chi connectivity index (χ1) is 19.1. The molecule has 2 aromatic heterocycles. The van der Waals surface area contributed by atoms with E-state index in [1.165, 1.54) is 33.3 Å². The van der Waals surface area contributed by atoms with E-state index in [-0.39, 0.29) is 19.0 Å². The molecule has 2 N–H and O–H groups in total. The second-order valence-electron chi connectivity index (χ2n) is 9.79. The Kier molecular flexibility index (Phi) is 8.43. The average Bonchev–Trinajstić information content (AvgIpc) is 3.70. The standard InChI is InChI=1S/C28H30F3N5O2S2/c1-35(23-14-16-36(19-23)18-20-6-3-2-4-7-20)40(37,38)32-15-13-24-26(34-27(33-24)25-8-5-17-39-25)21-9-11-22(12-10-21)28(29,30)31/h2-12,17,23,32H,13-16,18-19H2,1H3,(H,33,34)/t23-/m1/s1. The molecule has 3 heterocycles. The SMILES string of the molecule is CN([C@@H]1CCN(Cc2ccccc2)C1)S(=O)(=O)NCCc1[nH]c(-c2cccs2)nc1-c1ccc(C(F)(F)F)cc1. The molecule has 1 aliphatic rings. The molecule has 0 radical (unpaired) electrons. The number of thiophene rings is 1. The van der Waals surface area contributed by atoms with E-state index in [4.69, 9.17) is 0 Å². The molecule has 0 saturated carbocycles. The molecule has 0 aliphatic carbocycles. The van der Waals surface area contributed by atoms with Crippen molar-refractivity contribution in [3.8, 4) is 22.0 Å². The summed E-state index contributed by atoms with van der Waals surface area (Å²) in [6.45, 7) is 2.34. The molecule has 1 saturated heterocycles. The Morgan fingerprint density at radius 1 is 1.10 bits per heavy atom. The number of halogens is 3. The third-order valence-electron chi connectivity index (χ3n) is 7.07. The molecule has 212 valence electrons. The molecule has 7 nitrogen and oxygen atoms in total. The summed E-state index contributed by atoms with van der Waals surface area (Å²) in [6.07, 6.45) is -3.41. The summed E-state index contributed by atoms with van der Waals surface area (Å²) in [6, 6.07) is 18.6. The van der Waals surface area contributed by atoms with Gasteiger partial charge in [-0.05, 0) is 35.6 Å². The van der Waals surface area contributed by atoms with E-state index >= 15 is 0 Å². The lowest BCUT2D eigenvalue weighted by Gasteiger charge is -2.24. The van der Waals surface area contributed by atoms with Crippen LogP contribution in [0, 0.1) is 0 Å². The van der Waals surface area contributed by atoms with Crippen LogP contribution in [0.4, 0.5) is 13.2 Å². The van der Waals surface area contributed by atoms with E-state index < -0.39 is 21.9 Å². The number of hydrogen-bond acceptors (Lipinski definition) is 5. The van der Waals surface area contributed by atoms with Gasteiger partial charge in [-0.15, -0.1) is 11.3 Å². The fraction of sp³-hybridized carbons (Fsp3) is 0.321. The maximum absolute atomic E-state index is 13.1. The van der Waals surface area contributed by atoms with Crippen molar-refractivity contribution in [2.75, 3.05) is 26.7 Å². The van der Waals surface area contributed by atoms with Gasteiger partial charge in [-0.1, -0.05) is 48.5 Å². The molecule has 0 unspecified atom stereocenters. The molecule has 0 bridgehead atoms. The number of aromatic nitrogens is 2. The van der Waals surface area contributed by atoms with Crippen LogP contribution < -0.4 is 4.72 Å². The summed E-state index contributed by atoms with van der Waals surface area (Å²) in [4.78, 5) is 11.0. The Hall–Kier alpha value is -3.03. The van der Waals surface area contributed by atoms with E-state index in [0.717, 1.165) is 36.5 Å². The number of nitrogens with zero attached hydrogens (tertiary/aromatic N) is 3. The lowest BCUT2D eigenvalue weighted by molar-refractivity contribution is -0.137. The van der Waals surface area contributed by atoms with Crippen molar-refractivity contribution in [3.63, 3.8) is 0 Å². The summed E-state index contributed by atoms with van der Waals surface area (Å²) < 4.78 is 69.5. The van der Waals surface area contributed by atoms with E-state index in [1.54, 1.807) is 7.05 Å². The number of hydrogen-bond donors (Lipinski definition) is 2. The van der Waals surface area contributed by atoms with Crippen LogP contribution in [0.15, 0.2) is 72.1 Å². The topological polar surface area (TPSA) is 81.3 Å². The second-order valence-corrected chi connectivity index (χ2v) is 12.6. The maximum atomic E-state index is 13.1. The molecule has 4 aromatic rings. The molecule has 12 heteroatoms. The van der Waals surface area contributed by atoms with Crippen LogP contribution in [-0.4, -0.2) is 60.3 Å². The van der Waals surface area contributed by atoms with Gasteiger partial charge in [-0.2, -0.15) is 25.9 Å². The number of aromatic amines is 1. The highest BCUT2D eigenvalue weighted by Gasteiger charge is 2.32. The van der Waals surface area contributed by atoms with Crippen molar-refractivity contribution in [1.82, 2.24) is 23.9 Å². The largest absolute Gasteiger partial charge is 0.416 e. The highest BCUT2D eigenvalue weighted by atomic mass is 32.2. The van der Waals surface area contributed by atoms with E-state index in [0.29, 0.717) is 29.3 Å². The summed E-state index contributed by atoms with van der Waals surface area (Å²) in [5.74, 6) is 0.587. The van der Waals surface area contributed by atoms with Crippen LogP contribution in [-0.2, 0) is 29.4 Å². The number of rotatable bonds is 10. The number of benzene rings is 2. The molecule has 5 rings (SSSR count). The minimum Gasteiger partial charge on any atom is -0.341 e. The molecule has 0 spiro atoms. The highest BCUT2D eigenvalue weighted by molar-refractivity contribution is 7.87. The van der Waals surface area contributed by atoms with Gasteiger partial charge >= 0.3 is 6.18 Å². The monoisotopic (exact) mass is 589 g/mol. The first kappa shape index (κ1) is 28.5. The molecule has 40 heavy (non-hydrogen) atoms. The first-order valence-corrected chi connectivity index (χ1v) is 15.2. The van der Waals surface area contributed by atoms with Gasteiger partial charge in [0, 0.05) is 56.9 Å². The summed E-state index contributed by atoms with van der Waals surface area (Å²) in [7, 11) is -2.15. The number of likely N-dealkylation sites (tertiary alicyclic amines) is 1. The van der Waals surface area contributed by atoms with E-state index in [9.17, 15) is 21.6 Å². The zero-order valence-electron chi connectivity index (χ0n) is 21.9. The fourth-order valence-corrected chi connectivity index (χ4v) is 6.67.